The normalized spacial score (nSPS) is 11.0. The number of para-hydroxylation sites is 1. The van der Waals surface area contributed by atoms with E-state index in [2.05, 4.69) is 4.74 Å². The summed E-state index contributed by atoms with van der Waals surface area (Å²) in [5.74, 6) is 0.128. The molecule has 0 saturated heterocycles. The third kappa shape index (κ3) is 2.18. The van der Waals surface area contributed by atoms with E-state index < -0.39 is 11.6 Å². The summed E-state index contributed by atoms with van der Waals surface area (Å²) >= 11 is 0. The highest BCUT2D eigenvalue weighted by Crippen LogP contribution is 2.30. The summed E-state index contributed by atoms with van der Waals surface area (Å²) < 4.78 is 15.9. The van der Waals surface area contributed by atoms with E-state index >= 15 is 0 Å². The summed E-state index contributed by atoms with van der Waals surface area (Å²) in [6.07, 6.45) is 0. The van der Waals surface area contributed by atoms with Gasteiger partial charge in [0.2, 0.25) is 0 Å². The molecule has 0 aliphatic heterocycles. The summed E-state index contributed by atoms with van der Waals surface area (Å²) in [5.41, 5.74) is 1.74. The Morgan fingerprint density at radius 1 is 0.958 bits per heavy atom. The number of fused-ring (bicyclic) bond motifs is 3. The first-order valence-electron chi connectivity index (χ1n) is 7.31. The van der Waals surface area contributed by atoms with Crippen LogP contribution in [0.15, 0.2) is 68.2 Å². The zero-order chi connectivity index (χ0) is 16.7. The Bertz CT molecular complexity index is 1120. The number of methoxy groups -OCH3 is 1. The summed E-state index contributed by atoms with van der Waals surface area (Å²) in [7, 11) is 1.33. The van der Waals surface area contributed by atoms with Gasteiger partial charge in [-0.25, -0.2) is 9.59 Å². The molecule has 2 aromatic heterocycles. The molecule has 0 aliphatic rings. The minimum atomic E-state index is -0.440. The lowest BCUT2D eigenvalue weighted by molar-refractivity contribution is 0.0600. The lowest BCUT2D eigenvalue weighted by atomic mass is 10.1. The van der Waals surface area contributed by atoms with Crippen molar-refractivity contribution >= 4 is 27.9 Å². The third-order valence-electron chi connectivity index (χ3n) is 3.88. The number of benzene rings is 2. The number of esters is 1. The molecule has 24 heavy (non-hydrogen) atoms. The van der Waals surface area contributed by atoms with Crippen LogP contribution in [0, 0.1) is 0 Å². The van der Waals surface area contributed by atoms with Crippen LogP contribution < -0.4 is 5.63 Å². The number of carbonyl (C=O) groups excluding carboxylic acids is 1. The average Bonchev–Trinajstić information content (AvgIpc) is 3.07. The Balaban J connectivity index is 1.89. The molecule has 0 radical (unpaired) electrons. The summed E-state index contributed by atoms with van der Waals surface area (Å²) in [4.78, 5) is 23.6. The van der Waals surface area contributed by atoms with Crippen LogP contribution in [0.5, 0.6) is 0 Å². The maximum Gasteiger partial charge on any atom is 0.347 e. The Morgan fingerprint density at radius 2 is 1.71 bits per heavy atom. The van der Waals surface area contributed by atoms with Crippen molar-refractivity contribution in [1.29, 1.82) is 0 Å². The zero-order valence-corrected chi connectivity index (χ0v) is 12.7. The van der Waals surface area contributed by atoms with Gasteiger partial charge in [0.05, 0.1) is 18.1 Å². The number of rotatable bonds is 2. The van der Waals surface area contributed by atoms with Crippen molar-refractivity contribution in [2.45, 2.75) is 0 Å². The second-order valence-corrected chi connectivity index (χ2v) is 5.31. The fraction of sp³-hybridized carbons (Fsp3) is 0.0526. The maximum absolute atomic E-state index is 12.1. The van der Waals surface area contributed by atoms with Crippen molar-refractivity contribution in [3.05, 3.63) is 70.6 Å². The van der Waals surface area contributed by atoms with Crippen LogP contribution in [0.4, 0.5) is 0 Å². The van der Waals surface area contributed by atoms with Crippen molar-refractivity contribution in [3.8, 4) is 11.3 Å². The van der Waals surface area contributed by atoms with Crippen LogP contribution >= 0.6 is 0 Å². The van der Waals surface area contributed by atoms with Crippen LogP contribution in [0.2, 0.25) is 0 Å². The summed E-state index contributed by atoms with van der Waals surface area (Å²) in [6, 6.07) is 15.7. The number of ether oxygens (including phenoxy) is 1. The SMILES string of the molecule is COC(=O)c1ccc(-c2cc3c(=O)oc4ccccc4c3o2)cc1. The van der Waals surface area contributed by atoms with Crippen LogP contribution in [-0.2, 0) is 4.74 Å². The van der Waals surface area contributed by atoms with Crippen molar-refractivity contribution < 1.29 is 18.4 Å². The number of carbonyl (C=O) groups is 1. The molecule has 0 spiro atoms. The topological polar surface area (TPSA) is 69.7 Å². The predicted molar refractivity (Wildman–Crippen MR) is 89.0 cm³/mol. The van der Waals surface area contributed by atoms with E-state index in [0.717, 1.165) is 10.9 Å². The number of furan rings is 1. The van der Waals surface area contributed by atoms with Crippen molar-refractivity contribution in [2.24, 2.45) is 0 Å². The highest BCUT2D eigenvalue weighted by atomic mass is 16.5. The minimum absolute atomic E-state index is 0.390. The van der Waals surface area contributed by atoms with Gasteiger partial charge in [0.1, 0.15) is 16.7 Å². The Morgan fingerprint density at radius 3 is 2.46 bits per heavy atom. The zero-order valence-electron chi connectivity index (χ0n) is 12.7. The molecule has 0 amide bonds. The molecule has 118 valence electrons. The fourth-order valence-corrected chi connectivity index (χ4v) is 2.67. The highest BCUT2D eigenvalue weighted by Gasteiger charge is 2.14. The van der Waals surface area contributed by atoms with Gasteiger partial charge < -0.3 is 13.6 Å². The number of hydrogen-bond donors (Lipinski definition) is 0. The molecule has 0 unspecified atom stereocenters. The summed E-state index contributed by atoms with van der Waals surface area (Å²) in [6.45, 7) is 0. The first-order valence-corrected chi connectivity index (χ1v) is 7.31. The highest BCUT2D eigenvalue weighted by molar-refractivity contribution is 6.02. The molecular weight excluding hydrogens is 308 g/mol. The molecule has 4 rings (SSSR count). The van der Waals surface area contributed by atoms with Crippen LogP contribution in [0.1, 0.15) is 10.4 Å². The minimum Gasteiger partial charge on any atom is -0.465 e. The van der Waals surface area contributed by atoms with Crippen molar-refractivity contribution in [1.82, 2.24) is 0 Å². The molecule has 4 aromatic rings. The van der Waals surface area contributed by atoms with Crippen LogP contribution in [-0.4, -0.2) is 13.1 Å². The Hall–Kier alpha value is -3.34. The summed E-state index contributed by atoms with van der Waals surface area (Å²) in [5, 5.41) is 1.13. The standard InChI is InChI=1S/C19H12O5/c1-22-18(20)12-8-6-11(7-9-12)16-10-14-17(23-16)13-4-2-3-5-15(13)24-19(14)21/h2-10H,1H3. The van der Waals surface area contributed by atoms with E-state index in [-0.39, 0.29) is 0 Å². The van der Waals surface area contributed by atoms with Gasteiger partial charge in [0.15, 0.2) is 5.58 Å². The van der Waals surface area contributed by atoms with E-state index in [1.165, 1.54) is 7.11 Å². The second kappa shape index (κ2) is 5.38. The third-order valence-corrected chi connectivity index (χ3v) is 3.88. The first-order chi connectivity index (χ1) is 11.7. The first kappa shape index (κ1) is 14.3. The van der Waals surface area contributed by atoms with E-state index in [1.54, 1.807) is 42.5 Å². The van der Waals surface area contributed by atoms with Crippen LogP contribution in [0.3, 0.4) is 0 Å². The Labute approximate surface area is 136 Å². The Kier molecular flexibility index (Phi) is 3.20. The number of hydrogen-bond acceptors (Lipinski definition) is 5. The smallest absolute Gasteiger partial charge is 0.347 e. The van der Waals surface area contributed by atoms with Gasteiger partial charge in [-0.15, -0.1) is 0 Å². The van der Waals surface area contributed by atoms with E-state index in [4.69, 9.17) is 8.83 Å². The molecule has 2 aromatic carbocycles. The van der Waals surface area contributed by atoms with Gasteiger partial charge in [-0.05, 0) is 30.3 Å². The second-order valence-electron chi connectivity index (χ2n) is 5.31. The van der Waals surface area contributed by atoms with E-state index in [1.807, 2.05) is 12.1 Å². The molecule has 5 nitrogen and oxygen atoms in total. The van der Waals surface area contributed by atoms with Crippen molar-refractivity contribution in [3.63, 3.8) is 0 Å². The average molecular weight is 320 g/mol. The molecule has 0 aliphatic carbocycles. The quantitative estimate of drug-likeness (QED) is 0.412. The van der Waals surface area contributed by atoms with Gasteiger partial charge in [-0.1, -0.05) is 24.3 Å². The predicted octanol–water partition coefficient (Wildman–Crippen LogP) is 3.99. The van der Waals surface area contributed by atoms with E-state index in [0.29, 0.717) is 27.9 Å². The molecule has 0 bridgehead atoms. The van der Waals surface area contributed by atoms with Gasteiger partial charge in [0.25, 0.3) is 0 Å². The molecular formula is C19H12O5. The molecule has 0 fully saturated rings. The lowest BCUT2D eigenvalue weighted by Crippen LogP contribution is -2.00. The van der Waals surface area contributed by atoms with Gasteiger partial charge >= 0.3 is 11.6 Å². The van der Waals surface area contributed by atoms with Crippen molar-refractivity contribution in [2.75, 3.05) is 7.11 Å². The maximum atomic E-state index is 12.1. The monoisotopic (exact) mass is 320 g/mol. The van der Waals surface area contributed by atoms with Crippen LogP contribution in [0.25, 0.3) is 33.3 Å². The fourth-order valence-electron chi connectivity index (χ4n) is 2.67. The molecule has 0 N–H and O–H groups in total. The molecule has 5 heteroatoms. The molecule has 2 heterocycles. The lowest BCUT2D eigenvalue weighted by Gasteiger charge is -2.00. The molecule has 0 atom stereocenters. The molecule has 0 saturated carbocycles. The van der Waals surface area contributed by atoms with Gasteiger partial charge in [-0.2, -0.15) is 0 Å². The van der Waals surface area contributed by atoms with E-state index in [9.17, 15) is 9.59 Å². The largest absolute Gasteiger partial charge is 0.465 e. The van der Waals surface area contributed by atoms with Gasteiger partial charge in [-0.3, -0.25) is 0 Å². The van der Waals surface area contributed by atoms with Gasteiger partial charge in [0, 0.05) is 5.56 Å².